The number of nitrogens with zero attached hydrogens (tertiary/aromatic N) is 1. The molecule has 1 unspecified atom stereocenters. The number of rotatable bonds is 7. The van der Waals surface area contributed by atoms with Gasteiger partial charge in [0.1, 0.15) is 11.9 Å². The lowest BCUT2D eigenvalue weighted by Crippen LogP contribution is -2.07. The number of benzene rings is 2. The summed E-state index contributed by atoms with van der Waals surface area (Å²) in [6, 6.07) is 19.6. The van der Waals surface area contributed by atoms with Gasteiger partial charge < -0.3 is 4.74 Å². The maximum absolute atomic E-state index is 8.83. The number of allylic oxidation sites excluding steroid dienone is 1. The van der Waals surface area contributed by atoms with Crippen LogP contribution in [0.5, 0.6) is 5.75 Å². The van der Waals surface area contributed by atoms with E-state index in [1.807, 2.05) is 36.4 Å². The summed E-state index contributed by atoms with van der Waals surface area (Å²) in [6.45, 7) is 3.76. The van der Waals surface area contributed by atoms with Crippen molar-refractivity contribution in [3.05, 3.63) is 78.4 Å². The van der Waals surface area contributed by atoms with Crippen LogP contribution in [0.15, 0.2) is 67.3 Å². The van der Waals surface area contributed by atoms with Crippen LogP contribution in [-0.2, 0) is 0 Å². The van der Waals surface area contributed by atoms with Gasteiger partial charge in [-0.3, -0.25) is 0 Å². The van der Waals surface area contributed by atoms with Gasteiger partial charge in [0.25, 0.3) is 0 Å². The summed E-state index contributed by atoms with van der Waals surface area (Å²) in [6.07, 6.45) is 4.93. The van der Waals surface area contributed by atoms with E-state index in [0.717, 1.165) is 25.0 Å². The van der Waals surface area contributed by atoms with Crippen LogP contribution < -0.4 is 4.74 Å². The van der Waals surface area contributed by atoms with E-state index in [4.69, 9.17) is 10.00 Å². The average molecular weight is 277 g/mol. The van der Waals surface area contributed by atoms with E-state index in [0.29, 0.717) is 5.56 Å². The molecular weight excluding hydrogens is 258 g/mol. The van der Waals surface area contributed by atoms with E-state index >= 15 is 0 Å². The molecule has 2 aromatic carbocycles. The zero-order valence-corrected chi connectivity index (χ0v) is 12.0. The van der Waals surface area contributed by atoms with E-state index in [2.05, 4.69) is 24.8 Å². The quantitative estimate of drug-likeness (QED) is 0.525. The highest BCUT2D eigenvalue weighted by molar-refractivity contribution is 5.35. The third kappa shape index (κ3) is 4.50. The van der Waals surface area contributed by atoms with Gasteiger partial charge in [0.2, 0.25) is 0 Å². The second kappa shape index (κ2) is 7.91. The van der Waals surface area contributed by atoms with Gasteiger partial charge in [-0.1, -0.05) is 36.4 Å². The zero-order valence-electron chi connectivity index (χ0n) is 12.0. The molecule has 106 valence electrons. The summed E-state index contributed by atoms with van der Waals surface area (Å²) >= 11 is 0. The fourth-order valence-electron chi connectivity index (χ4n) is 2.18. The van der Waals surface area contributed by atoms with Gasteiger partial charge in [0.15, 0.2) is 0 Å². The zero-order chi connectivity index (χ0) is 14.9. The minimum Gasteiger partial charge on any atom is -0.486 e. The number of hydrogen-bond donors (Lipinski definition) is 0. The van der Waals surface area contributed by atoms with Gasteiger partial charge >= 0.3 is 0 Å². The van der Waals surface area contributed by atoms with E-state index in [1.165, 1.54) is 5.56 Å². The predicted octanol–water partition coefficient (Wildman–Crippen LogP) is 5.03. The fourth-order valence-corrected chi connectivity index (χ4v) is 2.18. The Morgan fingerprint density at radius 1 is 1.10 bits per heavy atom. The molecule has 2 heteroatoms. The molecule has 0 spiro atoms. The third-order valence-corrected chi connectivity index (χ3v) is 3.31. The molecule has 0 saturated carbocycles. The van der Waals surface area contributed by atoms with Crippen molar-refractivity contribution in [2.24, 2.45) is 0 Å². The second-order valence-corrected chi connectivity index (χ2v) is 4.87. The van der Waals surface area contributed by atoms with E-state index in [9.17, 15) is 0 Å². The number of hydrogen-bond acceptors (Lipinski definition) is 2. The maximum atomic E-state index is 8.83. The molecule has 21 heavy (non-hydrogen) atoms. The lowest BCUT2D eigenvalue weighted by molar-refractivity contribution is 0.192. The van der Waals surface area contributed by atoms with E-state index < -0.39 is 0 Å². The monoisotopic (exact) mass is 277 g/mol. The van der Waals surface area contributed by atoms with Gasteiger partial charge in [0.05, 0.1) is 11.6 Å². The number of ether oxygens (including phenoxy) is 1. The highest BCUT2D eigenvalue weighted by atomic mass is 16.5. The number of nitriles is 1. The van der Waals surface area contributed by atoms with Crippen LogP contribution >= 0.6 is 0 Å². The molecule has 0 aliphatic carbocycles. The van der Waals surface area contributed by atoms with Gasteiger partial charge in [-0.05, 0) is 49.1 Å². The second-order valence-electron chi connectivity index (χ2n) is 4.87. The normalized spacial score (nSPS) is 11.4. The van der Waals surface area contributed by atoms with Crippen molar-refractivity contribution in [2.45, 2.75) is 25.4 Å². The standard InChI is InChI=1S/C19H19NO/c1-2-3-5-10-19(17-8-6-4-7-9-17)21-18-13-11-16(15-20)12-14-18/h2,4,6-9,11-14,19H,1,3,5,10H2. The van der Waals surface area contributed by atoms with Crippen molar-refractivity contribution < 1.29 is 4.74 Å². The Hall–Kier alpha value is -2.53. The van der Waals surface area contributed by atoms with Crippen LogP contribution in [0.3, 0.4) is 0 Å². The summed E-state index contributed by atoms with van der Waals surface area (Å²) in [5.41, 5.74) is 1.82. The molecular formula is C19H19NO. The van der Waals surface area contributed by atoms with E-state index in [-0.39, 0.29) is 6.10 Å². The first-order valence-electron chi connectivity index (χ1n) is 7.16. The van der Waals surface area contributed by atoms with Crippen molar-refractivity contribution in [3.8, 4) is 11.8 Å². The first-order valence-corrected chi connectivity index (χ1v) is 7.16. The van der Waals surface area contributed by atoms with Crippen LogP contribution in [0.4, 0.5) is 0 Å². The van der Waals surface area contributed by atoms with Crippen LogP contribution in [0.1, 0.15) is 36.5 Å². The lowest BCUT2D eigenvalue weighted by Gasteiger charge is -2.19. The van der Waals surface area contributed by atoms with Crippen LogP contribution in [0.25, 0.3) is 0 Å². The van der Waals surface area contributed by atoms with Gasteiger partial charge in [-0.15, -0.1) is 6.58 Å². The summed E-state index contributed by atoms with van der Waals surface area (Å²) in [5.74, 6) is 0.793. The first-order chi connectivity index (χ1) is 10.3. The summed E-state index contributed by atoms with van der Waals surface area (Å²) in [5, 5.41) is 8.83. The first kappa shape index (κ1) is 14.9. The van der Waals surface area contributed by atoms with Crippen molar-refractivity contribution in [1.29, 1.82) is 5.26 Å². The molecule has 2 rings (SSSR count). The molecule has 0 aromatic heterocycles. The lowest BCUT2D eigenvalue weighted by atomic mass is 10.0. The summed E-state index contributed by atoms with van der Waals surface area (Å²) < 4.78 is 6.10. The Kier molecular flexibility index (Phi) is 5.60. The molecule has 0 bridgehead atoms. The molecule has 0 aliphatic heterocycles. The van der Waals surface area contributed by atoms with E-state index in [1.54, 1.807) is 12.1 Å². The maximum Gasteiger partial charge on any atom is 0.124 e. The topological polar surface area (TPSA) is 33.0 Å². The largest absolute Gasteiger partial charge is 0.486 e. The van der Waals surface area contributed by atoms with Crippen molar-refractivity contribution >= 4 is 0 Å². The number of unbranched alkanes of at least 4 members (excludes halogenated alkanes) is 1. The van der Waals surface area contributed by atoms with Crippen LogP contribution in [0.2, 0.25) is 0 Å². The smallest absolute Gasteiger partial charge is 0.124 e. The highest BCUT2D eigenvalue weighted by Gasteiger charge is 2.12. The predicted molar refractivity (Wildman–Crippen MR) is 85.0 cm³/mol. The molecule has 2 aromatic rings. The van der Waals surface area contributed by atoms with Crippen molar-refractivity contribution in [1.82, 2.24) is 0 Å². The van der Waals surface area contributed by atoms with Gasteiger partial charge in [-0.25, -0.2) is 0 Å². The molecule has 2 nitrogen and oxygen atoms in total. The van der Waals surface area contributed by atoms with Crippen molar-refractivity contribution in [2.75, 3.05) is 0 Å². The molecule has 0 heterocycles. The molecule has 1 atom stereocenters. The molecule has 0 fully saturated rings. The van der Waals surface area contributed by atoms with Crippen molar-refractivity contribution in [3.63, 3.8) is 0 Å². The minimum atomic E-state index is 0.0269. The molecule has 0 radical (unpaired) electrons. The van der Waals surface area contributed by atoms with Crippen LogP contribution in [0, 0.1) is 11.3 Å². The molecule has 0 saturated heterocycles. The fraction of sp³-hybridized carbons (Fsp3) is 0.211. The Morgan fingerprint density at radius 2 is 1.81 bits per heavy atom. The molecule has 0 amide bonds. The summed E-state index contributed by atoms with van der Waals surface area (Å²) in [7, 11) is 0. The third-order valence-electron chi connectivity index (χ3n) is 3.31. The van der Waals surface area contributed by atoms with Gasteiger partial charge in [0, 0.05) is 0 Å². The average Bonchev–Trinajstić information content (AvgIpc) is 2.55. The Morgan fingerprint density at radius 3 is 2.43 bits per heavy atom. The Bertz CT molecular complexity index is 596. The minimum absolute atomic E-state index is 0.0269. The Balaban J connectivity index is 2.11. The highest BCUT2D eigenvalue weighted by Crippen LogP contribution is 2.26. The SMILES string of the molecule is C=CCCCC(Oc1ccc(C#N)cc1)c1ccccc1. The van der Waals surface area contributed by atoms with Crippen LogP contribution in [-0.4, -0.2) is 0 Å². The summed E-state index contributed by atoms with van der Waals surface area (Å²) in [4.78, 5) is 0. The Labute approximate surface area is 126 Å². The molecule has 0 aliphatic rings. The molecule has 0 N–H and O–H groups in total. The van der Waals surface area contributed by atoms with Gasteiger partial charge in [-0.2, -0.15) is 5.26 Å².